The number of ether oxygens (including phenoxy) is 2. The number of amides is 1. The van der Waals surface area contributed by atoms with Crippen LogP contribution in [-0.4, -0.2) is 58.8 Å². The van der Waals surface area contributed by atoms with Crippen molar-refractivity contribution in [3.05, 3.63) is 24.3 Å². The van der Waals surface area contributed by atoms with Crippen molar-refractivity contribution in [3.63, 3.8) is 0 Å². The maximum atomic E-state index is 12.5. The highest BCUT2D eigenvalue weighted by atomic mass is 16.6. The molecule has 2 aliphatic rings. The average Bonchev–Trinajstić information content (AvgIpc) is 2.90. The number of likely N-dealkylation sites (tertiary alicyclic amines) is 1. The van der Waals surface area contributed by atoms with Crippen molar-refractivity contribution in [2.75, 3.05) is 26.3 Å². The molecule has 3 rings (SSSR count). The van der Waals surface area contributed by atoms with E-state index in [-0.39, 0.29) is 23.4 Å². The predicted octanol–water partition coefficient (Wildman–Crippen LogP) is 1.28. The molecule has 1 amide bonds. The van der Waals surface area contributed by atoms with Gasteiger partial charge >= 0.3 is 0 Å². The minimum Gasteiger partial charge on any atom is -0.376 e. The minimum atomic E-state index is -0.247. The molecule has 2 fully saturated rings. The van der Waals surface area contributed by atoms with Gasteiger partial charge in [0.1, 0.15) is 0 Å². The van der Waals surface area contributed by atoms with E-state index in [9.17, 15) is 4.79 Å². The number of nitrogens with zero attached hydrogens (tertiary/aromatic N) is 3. The second-order valence-corrected chi connectivity index (χ2v) is 5.68. The van der Waals surface area contributed by atoms with Crippen LogP contribution in [0.25, 0.3) is 0 Å². The summed E-state index contributed by atoms with van der Waals surface area (Å²) in [7, 11) is 0. The summed E-state index contributed by atoms with van der Waals surface area (Å²) in [6.07, 6.45) is 6.13. The third-order valence-electron chi connectivity index (χ3n) is 4.16. The van der Waals surface area contributed by atoms with Crippen LogP contribution in [0.4, 0.5) is 0 Å². The molecule has 0 aliphatic carbocycles. The number of hydrogen-bond acceptors (Lipinski definition) is 5. The minimum absolute atomic E-state index is 0.113. The predicted molar refractivity (Wildman–Crippen MR) is 75.9 cm³/mol. The lowest BCUT2D eigenvalue weighted by molar-refractivity contribution is -0.0464. The van der Waals surface area contributed by atoms with Crippen molar-refractivity contribution >= 4 is 5.91 Å². The highest BCUT2D eigenvalue weighted by molar-refractivity contribution is 5.90. The molecule has 1 spiro atoms. The van der Waals surface area contributed by atoms with Gasteiger partial charge in [0.05, 0.1) is 24.9 Å². The van der Waals surface area contributed by atoms with Crippen LogP contribution in [0.5, 0.6) is 0 Å². The SMILES string of the molecule is CCO[C@H]1CO[C@]2(CCCN(C(=O)c3ncccn3)C2)C1. The second-order valence-electron chi connectivity index (χ2n) is 5.68. The summed E-state index contributed by atoms with van der Waals surface area (Å²) in [6, 6.07) is 1.71. The lowest BCUT2D eigenvalue weighted by Gasteiger charge is -2.39. The smallest absolute Gasteiger partial charge is 0.291 e. The molecule has 0 unspecified atom stereocenters. The Labute approximate surface area is 124 Å². The van der Waals surface area contributed by atoms with Crippen molar-refractivity contribution in [3.8, 4) is 0 Å². The summed E-state index contributed by atoms with van der Waals surface area (Å²) in [5.74, 6) is 0.145. The molecule has 114 valence electrons. The van der Waals surface area contributed by atoms with Gasteiger partial charge in [0.2, 0.25) is 5.82 Å². The van der Waals surface area contributed by atoms with Gasteiger partial charge in [-0.3, -0.25) is 4.79 Å². The fourth-order valence-corrected chi connectivity index (χ4v) is 3.25. The van der Waals surface area contributed by atoms with E-state index in [0.29, 0.717) is 19.8 Å². The molecule has 0 N–H and O–H groups in total. The Kier molecular flexibility index (Phi) is 4.17. The van der Waals surface area contributed by atoms with Crippen LogP contribution in [0, 0.1) is 0 Å². The maximum absolute atomic E-state index is 12.5. The topological polar surface area (TPSA) is 64.6 Å². The molecule has 0 bridgehead atoms. The van der Waals surface area contributed by atoms with Crippen molar-refractivity contribution in [1.29, 1.82) is 0 Å². The normalized spacial score (nSPS) is 29.0. The molecule has 2 saturated heterocycles. The molecular weight excluding hydrogens is 270 g/mol. The molecule has 3 heterocycles. The molecule has 0 radical (unpaired) electrons. The quantitative estimate of drug-likeness (QED) is 0.839. The van der Waals surface area contributed by atoms with E-state index in [2.05, 4.69) is 9.97 Å². The molecule has 2 aliphatic heterocycles. The van der Waals surface area contributed by atoms with E-state index in [1.54, 1.807) is 18.5 Å². The van der Waals surface area contributed by atoms with E-state index in [1.807, 2.05) is 11.8 Å². The van der Waals surface area contributed by atoms with Crippen LogP contribution in [0.2, 0.25) is 0 Å². The second kappa shape index (κ2) is 6.07. The monoisotopic (exact) mass is 291 g/mol. The Morgan fingerprint density at radius 2 is 2.33 bits per heavy atom. The van der Waals surface area contributed by atoms with Crippen molar-refractivity contribution < 1.29 is 14.3 Å². The van der Waals surface area contributed by atoms with Gasteiger partial charge < -0.3 is 14.4 Å². The molecule has 21 heavy (non-hydrogen) atoms. The average molecular weight is 291 g/mol. The number of carbonyl (C=O) groups excluding carboxylic acids is 1. The molecule has 1 aromatic heterocycles. The third kappa shape index (κ3) is 3.06. The molecular formula is C15H21N3O3. The number of carbonyl (C=O) groups is 1. The first kappa shape index (κ1) is 14.4. The van der Waals surface area contributed by atoms with Gasteiger partial charge in [-0.25, -0.2) is 9.97 Å². The fraction of sp³-hybridized carbons (Fsp3) is 0.667. The fourth-order valence-electron chi connectivity index (χ4n) is 3.25. The summed E-state index contributed by atoms with van der Waals surface area (Å²) in [5, 5.41) is 0. The summed E-state index contributed by atoms with van der Waals surface area (Å²) in [6.45, 7) is 4.66. The summed E-state index contributed by atoms with van der Waals surface area (Å²) < 4.78 is 11.7. The lowest BCUT2D eigenvalue weighted by atomic mass is 9.89. The van der Waals surface area contributed by atoms with Gasteiger partial charge in [0, 0.05) is 32.0 Å². The number of piperidine rings is 1. The zero-order valence-corrected chi connectivity index (χ0v) is 12.3. The lowest BCUT2D eigenvalue weighted by Crippen LogP contribution is -2.50. The van der Waals surface area contributed by atoms with Gasteiger partial charge in [-0.15, -0.1) is 0 Å². The van der Waals surface area contributed by atoms with Gasteiger partial charge in [0.25, 0.3) is 5.91 Å². The van der Waals surface area contributed by atoms with Crippen LogP contribution in [0.1, 0.15) is 36.8 Å². The Morgan fingerprint density at radius 1 is 1.52 bits per heavy atom. The van der Waals surface area contributed by atoms with Gasteiger partial charge in [-0.05, 0) is 25.8 Å². The first-order chi connectivity index (χ1) is 10.2. The molecule has 1 aromatic rings. The van der Waals surface area contributed by atoms with Crippen molar-refractivity contribution in [2.45, 2.75) is 37.9 Å². The molecule has 6 heteroatoms. The Balaban J connectivity index is 1.68. The van der Waals surface area contributed by atoms with Crippen molar-refractivity contribution in [2.24, 2.45) is 0 Å². The van der Waals surface area contributed by atoms with E-state index >= 15 is 0 Å². The van der Waals surface area contributed by atoms with Crippen molar-refractivity contribution in [1.82, 2.24) is 14.9 Å². The maximum Gasteiger partial charge on any atom is 0.291 e. The van der Waals surface area contributed by atoms with E-state index in [0.717, 1.165) is 25.8 Å². The molecule has 6 nitrogen and oxygen atoms in total. The van der Waals surface area contributed by atoms with Crippen LogP contribution in [0.15, 0.2) is 18.5 Å². The zero-order valence-electron chi connectivity index (χ0n) is 12.3. The van der Waals surface area contributed by atoms with Crippen LogP contribution in [-0.2, 0) is 9.47 Å². The van der Waals surface area contributed by atoms with Crippen LogP contribution in [0.3, 0.4) is 0 Å². The third-order valence-corrected chi connectivity index (χ3v) is 4.16. The Hall–Kier alpha value is -1.53. The number of rotatable bonds is 3. The number of aromatic nitrogens is 2. The standard InChI is InChI=1S/C15H21N3O3/c1-2-20-12-9-15(21-10-12)5-3-8-18(11-15)14(19)13-16-6-4-7-17-13/h4,6-7,12H,2-3,5,8-11H2,1H3/t12-,15-/m1/s1. The molecule has 0 aromatic carbocycles. The first-order valence-corrected chi connectivity index (χ1v) is 7.54. The highest BCUT2D eigenvalue weighted by Crippen LogP contribution is 2.36. The van der Waals surface area contributed by atoms with Gasteiger partial charge in [-0.1, -0.05) is 0 Å². The summed E-state index contributed by atoms with van der Waals surface area (Å²) >= 11 is 0. The van der Waals surface area contributed by atoms with E-state index in [4.69, 9.17) is 9.47 Å². The van der Waals surface area contributed by atoms with Gasteiger partial charge in [0.15, 0.2) is 0 Å². The molecule has 0 saturated carbocycles. The Bertz CT molecular complexity index is 496. The highest BCUT2D eigenvalue weighted by Gasteiger charge is 2.45. The van der Waals surface area contributed by atoms with E-state index in [1.165, 1.54) is 0 Å². The van der Waals surface area contributed by atoms with E-state index < -0.39 is 0 Å². The molecule has 2 atom stereocenters. The first-order valence-electron chi connectivity index (χ1n) is 7.54. The zero-order chi connectivity index (χ0) is 14.7. The van der Waals surface area contributed by atoms with Crippen LogP contribution >= 0.6 is 0 Å². The summed E-state index contributed by atoms with van der Waals surface area (Å²) in [5.41, 5.74) is -0.247. The Morgan fingerprint density at radius 3 is 3.10 bits per heavy atom. The summed E-state index contributed by atoms with van der Waals surface area (Å²) in [4.78, 5) is 22.4. The largest absolute Gasteiger partial charge is 0.376 e. The number of hydrogen-bond donors (Lipinski definition) is 0. The van der Waals surface area contributed by atoms with Crippen LogP contribution < -0.4 is 0 Å². The van der Waals surface area contributed by atoms with Gasteiger partial charge in [-0.2, -0.15) is 0 Å².